The van der Waals surface area contributed by atoms with Gasteiger partial charge in [-0.1, -0.05) is 24.2 Å². The van der Waals surface area contributed by atoms with E-state index in [0.29, 0.717) is 31.0 Å². The summed E-state index contributed by atoms with van der Waals surface area (Å²) in [5, 5.41) is 13.5. The highest BCUT2D eigenvalue weighted by Gasteiger charge is 2.12. The smallest absolute Gasteiger partial charge is 0.229 e. The van der Waals surface area contributed by atoms with Crippen LogP contribution in [-0.2, 0) is 12.8 Å². The third-order valence-corrected chi connectivity index (χ3v) is 3.16. The van der Waals surface area contributed by atoms with E-state index in [-0.39, 0.29) is 0 Å². The van der Waals surface area contributed by atoms with E-state index in [0.717, 1.165) is 16.9 Å². The summed E-state index contributed by atoms with van der Waals surface area (Å²) in [5.41, 5.74) is 1.92. The van der Waals surface area contributed by atoms with E-state index in [2.05, 4.69) is 20.1 Å². The zero-order valence-electron chi connectivity index (χ0n) is 11.2. The Balaban J connectivity index is 1.74. The van der Waals surface area contributed by atoms with Crippen LogP contribution >= 0.6 is 0 Å². The third kappa shape index (κ3) is 2.70. The number of benzene rings is 1. The van der Waals surface area contributed by atoms with E-state index in [9.17, 15) is 5.11 Å². The Hall–Kier alpha value is -2.21. The van der Waals surface area contributed by atoms with Gasteiger partial charge in [0.15, 0.2) is 5.82 Å². The molecule has 0 saturated heterocycles. The minimum absolute atomic E-state index is 0.392. The molecule has 0 fully saturated rings. The summed E-state index contributed by atoms with van der Waals surface area (Å²) in [5.74, 6) is 1.84. The Morgan fingerprint density at radius 1 is 1.30 bits per heavy atom. The van der Waals surface area contributed by atoms with Gasteiger partial charge < -0.3 is 14.6 Å². The molecule has 104 valence electrons. The van der Waals surface area contributed by atoms with Crippen molar-refractivity contribution >= 4 is 11.0 Å². The molecule has 0 aliphatic carbocycles. The summed E-state index contributed by atoms with van der Waals surface area (Å²) in [7, 11) is 0. The number of hydrogen-bond donors (Lipinski definition) is 2. The van der Waals surface area contributed by atoms with Crippen LogP contribution in [0.3, 0.4) is 0 Å². The first kappa shape index (κ1) is 12.8. The molecule has 6 heteroatoms. The largest absolute Gasteiger partial charge is 0.393 e. The second kappa shape index (κ2) is 5.42. The summed E-state index contributed by atoms with van der Waals surface area (Å²) in [6.07, 6.45) is 1.11. The number of H-pyrrole nitrogens is 1. The first-order valence-electron chi connectivity index (χ1n) is 6.67. The number of aromatic nitrogens is 4. The van der Waals surface area contributed by atoms with Gasteiger partial charge in [0, 0.05) is 0 Å². The van der Waals surface area contributed by atoms with Gasteiger partial charge in [-0.05, 0) is 18.6 Å². The molecule has 2 heterocycles. The van der Waals surface area contributed by atoms with Crippen molar-refractivity contribution < 1.29 is 9.63 Å². The lowest BCUT2D eigenvalue weighted by molar-refractivity contribution is 0.158. The SMILES string of the molecule is CCC(O)Cc1nc(Cc2nc3ccccc3[nH]2)no1. The van der Waals surface area contributed by atoms with Crippen LogP contribution in [0.2, 0.25) is 0 Å². The zero-order chi connectivity index (χ0) is 13.9. The van der Waals surface area contributed by atoms with Crippen LogP contribution in [0.4, 0.5) is 0 Å². The Morgan fingerprint density at radius 3 is 2.95 bits per heavy atom. The minimum atomic E-state index is -0.436. The third-order valence-electron chi connectivity index (χ3n) is 3.16. The van der Waals surface area contributed by atoms with Crippen molar-refractivity contribution in [2.24, 2.45) is 0 Å². The van der Waals surface area contributed by atoms with Crippen molar-refractivity contribution in [1.29, 1.82) is 0 Å². The number of imidazole rings is 1. The molecule has 0 aliphatic rings. The molecule has 0 bridgehead atoms. The standard InChI is InChI=1S/C14H16N4O2/c1-2-9(19)7-14-17-13(18-20-14)8-12-15-10-5-3-4-6-11(10)16-12/h3-6,9,19H,2,7-8H2,1H3,(H,15,16). The number of fused-ring (bicyclic) bond motifs is 1. The molecule has 0 saturated carbocycles. The normalized spacial score (nSPS) is 12.9. The Labute approximate surface area is 115 Å². The predicted molar refractivity (Wildman–Crippen MR) is 73.2 cm³/mol. The van der Waals surface area contributed by atoms with E-state index in [1.807, 2.05) is 31.2 Å². The summed E-state index contributed by atoms with van der Waals surface area (Å²) < 4.78 is 5.12. The fourth-order valence-electron chi connectivity index (χ4n) is 2.03. The average molecular weight is 272 g/mol. The number of nitrogens with one attached hydrogen (secondary N) is 1. The highest BCUT2D eigenvalue weighted by Crippen LogP contribution is 2.12. The van der Waals surface area contributed by atoms with Crippen molar-refractivity contribution in [3.8, 4) is 0 Å². The van der Waals surface area contributed by atoms with Crippen LogP contribution in [0.15, 0.2) is 28.8 Å². The monoisotopic (exact) mass is 272 g/mol. The van der Waals surface area contributed by atoms with E-state index in [4.69, 9.17) is 4.52 Å². The highest BCUT2D eigenvalue weighted by atomic mass is 16.5. The molecule has 3 rings (SSSR count). The number of aromatic amines is 1. The summed E-state index contributed by atoms with van der Waals surface area (Å²) in [6.45, 7) is 1.91. The van der Waals surface area contributed by atoms with Crippen molar-refractivity contribution in [2.75, 3.05) is 0 Å². The lowest BCUT2D eigenvalue weighted by atomic mass is 10.2. The zero-order valence-corrected chi connectivity index (χ0v) is 11.2. The molecule has 1 unspecified atom stereocenters. The Kier molecular flexibility index (Phi) is 3.47. The van der Waals surface area contributed by atoms with Gasteiger partial charge in [0.05, 0.1) is 30.0 Å². The van der Waals surface area contributed by atoms with Crippen molar-refractivity contribution in [1.82, 2.24) is 20.1 Å². The van der Waals surface area contributed by atoms with Crippen molar-refractivity contribution in [3.63, 3.8) is 0 Å². The van der Waals surface area contributed by atoms with Crippen molar-refractivity contribution in [2.45, 2.75) is 32.3 Å². The van der Waals surface area contributed by atoms with Gasteiger partial charge in [0.2, 0.25) is 5.89 Å². The predicted octanol–water partition coefficient (Wildman–Crippen LogP) is 1.85. The van der Waals surface area contributed by atoms with Crippen LogP contribution in [-0.4, -0.2) is 31.3 Å². The molecule has 1 atom stereocenters. The van der Waals surface area contributed by atoms with Crippen LogP contribution in [0.5, 0.6) is 0 Å². The van der Waals surface area contributed by atoms with Crippen LogP contribution in [0.1, 0.15) is 30.9 Å². The van der Waals surface area contributed by atoms with E-state index in [1.54, 1.807) is 0 Å². The van der Waals surface area contributed by atoms with E-state index in [1.165, 1.54) is 0 Å². The highest BCUT2D eigenvalue weighted by molar-refractivity contribution is 5.74. The number of aliphatic hydroxyl groups is 1. The van der Waals surface area contributed by atoms with E-state index >= 15 is 0 Å². The van der Waals surface area contributed by atoms with Gasteiger partial charge >= 0.3 is 0 Å². The molecule has 3 aromatic rings. The van der Waals surface area contributed by atoms with Gasteiger partial charge in [-0.3, -0.25) is 0 Å². The number of para-hydroxylation sites is 2. The second-order valence-electron chi connectivity index (χ2n) is 4.75. The maximum Gasteiger partial charge on any atom is 0.229 e. The molecule has 2 N–H and O–H groups in total. The lowest BCUT2D eigenvalue weighted by Crippen LogP contribution is -2.08. The molecule has 2 aromatic heterocycles. The fraction of sp³-hybridized carbons (Fsp3) is 0.357. The summed E-state index contributed by atoms with van der Waals surface area (Å²) in [6, 6.07) is 7.84. The molecular weight excluding hydrogens is 256 g/mol. The van der Waals surface area contributed by atoms with Crippen LogP contribution < -0.4 is 0 Å². The molecule has 0 amide bonds. The van der Waals surface area contributed by atoms with E-state index < -0.39 is 6.10 Å². The van der Waals surface area contributed by atoms with Crippen molar-refractivity contribution in [3.05, 3.63) is 41.8 Å². The number of rotatable bonds is 5. The molecule has 0 aliphatic heterocycles. The molecule has 20 heavy (non-hydrogen) atoms. The molecule has 0 spiro atoms. The van der Waals surface area contributed by atoms with Gasteiger partial charge in [0.25, 0.3) is 0 Å². The fourth-order valence-corrected chi connectivity index (χ4v) is 2.03. The van der Waals surface area contributed by atoms with Crippen LogP contribution in [0, 0.1) is 0 Å². The number of aliphatic hydroxyl groups excluding tert-OH is 1. The van der Waals surface area contributed by atoms with Gasteiger partial charge in [-0.2, -0.15) is 4.98 Å². The average Bonchev–Trinajstić information content (AvgIpc) is 3.05. The maximum absolute atomic E-state index is 9.56. The lowest BCUT2D eigenvalue weighted by Gasteiger charge is -2.01. The van der Waals surface area contributed by atoms with Crippen LogP contribution in [0.25, 0.3) is 11.0 Å². The first-order valence-corrected chi connectivity index (χ1v) is 6.67. The maximum atomic E-state index is 9.56. The molecule has 0 radical (unpaired) electrons. The van der Waals surface area contributed by atoms with Gasteiger partial charge in [0.1, 0.15) is 5.82 Å². The minimum Gasteiger partial charge on any atom is -0.393 e. The second-order valence-corrected chi connectivity index (χ2v) is 4.75. The Bertz CT molecular complexity index is 671. The molecular formula is C14H16N4O2. The Morgan fingerprint density at radius 2 is 2.15 bits per heavy atom. The first-order chi connectivity index (χ1) is 9.74. The quantitative estimate of drug-likeness (QED) is 0.740. The van der Waals surface area contributed by atoms with Gasteiger partial charge in [-0.15, -0.1) is 0 Å². The number of nitrogens with zero attached hydrogens (tertiary/aromatic N) is 3. The molecule has 6 nitrogen and oxygen atoms in total. The molecule has 1 aromatic carbocycles. The summed E-state index contributed by atoms with van der Waals surface area (Å²) >= 11 is 0. The topological polar surface area (TPSA) is 87.8 Å². The summed E-state index contributed by atoms with van der Waals surface area (Å²) in [4.78, 5) is 12.0. The van der Waals surface area contributed by atoms with Gasteiger partial charge in [-0.25, -0.2) is 4.98 Å². The number of hydrogen-bond acceptors (Lipinski definition) is 5.